The van der Waals surface area contributed by atoms with Crippen molar-refractivity contribution < 1.29 is 8.42 Å². The molecule has 31 heavy (non-hydrogen) atoms. The van der Waals surface area contributed by atoms with Crippen LogP contribution in [0, 0.1) is 19.8 Å². The number of imidazole rings is 1. The van der Waals surface area contributed by atoms with Crippen LogP contribution in [0.2, 0.25) is 0 Å². The molecule has 1 saturated heterocycles. The molecule has 9 heteroatoms. The maximum absolute atomic E-state index is 12.7. The molecule has 0 amide bonds. The van der Waals surface area contributed by atoms with Crippen LogP contribution in [0.4, 0.5) is 0 Å². The third-order valence-electron chi connectivity index (χ3n) is 5.76. The first-order valence-electron chi connectivity index (χ1n) is 10.9. The van der Waals surface area contributed by atoms with E-state index in [2.05, 4.69) is 31.4 Å². The van der Waals surface area contributed by atoms with Crippen LogP contribution >= 0.6 is 0 Å². The highest BCUT2D eigenvalue weighted by atomic mass is 32.2. The number of nitrogens with zero attached hydrogens (tertiary/aromatic N) is 4. The molecule has 2 N–H and O–H groups in total. The highest BCUT2D eigenvalue weighted by molar-refractivity contribution is 7.89. The van der Waals surface area contributed by atoms with Crippen LogP contribution in [0.5, 0.6) is 0 Å². The van der Waals surface area contributed by atoms with Crippen LogP contribution < -0.4 is 10.0 Å². The average Bonchev–Trinajstić information content (AvgIpc) is 3.27. The summed E-state index contributed by atoms with van der Waals surface area (Å²) in [7, 11) is -3.56. The Hall–Kier alpha value is -2.39. The zero-order valence-electron chi connectivity index (χ0n) is 18.9. The van der Waals surface area contributed by atoms with Crippen molar-refractivity contribution in [2.24, 2.45) is 10.9 Å². The predicted octanol–water partition coefficient (Wildman–Crippen LogP) is 2.33. The second kappa shape index (κ2) is 10.3. The van der Waals surface area contributed by atoms with Gasteiger partial charge in [-0.05, 0) is 50.3 Å². The van der Waals surface area contributed by atoms with Gasteiger partial charge in [0.2, 0.25) is 10.0 Å². The molecular formula is C22H34N6O2S. The zero-order chi connectivity index (χ0) is 22.4. The molecule has 0 spiro atoms. The summed E-state index contributed by atoms with van der Waals surface area (Å²) in [6, 6.07) is 5.79. The van der Waals surface area contributed by atoms with E-state index in [1.807, 2.05) is 51.6 Å². The fourth-order valence-corrected chi connectivity index (χ4v) is 5.29. The molecular weight excluding hydrogens is 412 g/mol. The lowest BCUT2D eigenvalue weighted by Gasteiger charge is -2.39. The summed E-state index contributed by atoms with van der Waals surface area (Å²) in [5.74, 6) is 1.38. The van der Waals surface area contributed by atoms with E-state index in [0.717, 1.165) is 43.1 Å². The summed E-state index contributed by atoms with van der Waals surface area (Å²) >= 11 is 0. The molecule has 0 radical (unpaired) electrons. The van der Waals surface area contributed by atoms with E-state index in [9.17, 15) is 8.42 Å². The van der Waals surface area contributed by atoms with E-state index in [0.29, 0.717) is 23.4 Å². The first-order valence-corrected chi connectivity index (χ1v) is 12.4. The van der Waals surface area contributed by atoms with Crippen molar-refractivity contribution in [1.29, 1.82) is 0 Å². The van der Waals surface area contributed by atoms with E-state index in [1.54, 1.807) is 6.07 Å². The van der Waals surface area contributed by atoms with Gasteiger partial charge in [-0.25, -0.2) is 18.1 Å². The average molecular weight is 447 g/mol. The van der Waals surface area contributed by atoms with Crippen molar-refractivity contribution in [3.8, 4) is 0 Å². The standard InChI is InChI=1S/C22H34N6O2S/c1-5-24-22(27-12-8-18(3)20(15-27)28-13-11-23-16-28)25-9-10-26-31(29,30)21-14-17(2)6-7-19(21)4/h6-7,11,13-14,16,18,20,26H,5,8-10,12,15H2,1-4H3,(H,24,25). The van der Waals surface area contributed by atoms with Gasteiger partial charge in [-0.2, -0.15) is 0 Å². The number of hydrogen-bond donors (Lipinski definition) is 2. The van der Waals surface area contributed by atoms with Crippen molar-refractivity contribution in [3.05, 3.63) is 48.0 Å². The maximum Gasteiger partial charge on any atom is 0.240 e. The Morgan fingerprint density at radius 3 is 2.84 bits per heavy atom. The highest BCUT2D eigenvalue weighted by Crippen LogP contribution is 2.27. The number of nitrogens with one attached hydrogen (secondary N) is 2. The lowest BCUT2D eigenvalue weighted by molar-refractivity contribution is 0.189. The summed E-state index contributed by atoms with van der Waals surface area (Å²) in [5.41, 5.74) is 1.66. The summed E-state index contributed by atoms with van der Waals surface area (Å²) < 4.78 is 30.2. The molecule has 8 nitrogen and oxygen atoms in total. The molecule has 2 heterocycles. The third-order valence-corrected chi connectivity index (χ3v) is 7.36. The van der Waals surface area contributed by atoms with Crippen molar-refractivity contribution in [2.75, 3.05) is 32.7 Å². The van der Waals surface area contributed by atoms with Gasteiger partial charge in [0.25, 0.3) is 0 Å². The molecule has 2 aromatic rings. The number of likely N-dealkylation sites (tertiary alicyclic amines) is 1. The number of rotatable bonds is 7. The number of piperidine rings is 1. The van der Waals surface area contributed by atoms with Gasteiger partial charge >= 0.3 is 0 Å². The quantitative estimate of drug-likeness (QED) is 0.387. The number of aryl methyl sites for hydroxylation is 2. The number of aromatic nitrogens is 2. The molecule has 0 bridgehead atoms. The van der Waals surface area contributed by atoms with E-state index >= 15 is 0 Å². The number of hydrogen-bond acceptors (Lipinski definition) is 4. The number of aliphatic imine (C=N–C) groups is 1. The maximum atomic E-state index is 12.7. The van der Waals surface area contributed by atoms with Gasteiger partial charge in [-0.15, -0.1) is 0 Å². The zero-order valence-corrected chi connectivity index (χ0v) is 19.7. The van der Waals surface area contributed by atoms with Crippen molar-refractivity contribution in [1.82, 2.24) is 24.5 Å². The fraction of sp³-hybridized carbons (Fsp3) is 0.545. The van der Waals surface area contributed by atoms with Gasteiger partial charge in [-0.3, -0.25) is 4.99 Å². The van der Waals surface area contributed by atoms with Crippen LogP contribution in [-0.4, -0.2) is 61.6 Å². The first kappa shape index (κ1) is 23.3. The molecule has 1 aromatic heterocycles. The molecule has 0 saturated carbocycles. The minimum atomic E-state index is -3.56. The van der Waals surface area contributed by atoms with Gasteiger partial charge in [0.15, 0.2) is 5.96 Å². The van der Waals surface area contributed by atoms with Crippen molar-refractivity contribution >= 4 is 16.0 Å². The van der Waals surface area contributed by atoms with E-state index < -0.39 is 10.0 Å². The van der Waals surface area contributed by atoms with E-state index in [-0.39, 0.29) is 6.54 Å². The Balaban J connectivity index is 1.64. The van der Waals surface area contributed by atoms with Crippen LogP contribution in [0.25, 0.3) is 0 Å². The lowest BCUT2D eigenvalue weighted by Crippen LogP contribution is -2.49. The summed E-state index contributed by atoms with van der Waals surface area (Å²) in [6.45, 7) is 11.2. The van der Waals surface area contributed by atoms with E-state index in [4.69, 9.17) is 4.99 Å². The normalized spacial score (nSPS) is 20.1. The molecule has 3 rings (SSSR count). The Labute approximate surface area is 185 Å². The molecule has 2 unspecified atom stereocenters. The second-order valence-electron chi connectivity index (χ2n) is 8.19. The molecule has 1 aliphatic heterocycles. The van der Waals surface area contributed by atoms with Crippen LogP contribution in [-0.2, 0) is 10.0 Å². The second-order valence-corrected chi connectivity index (χ2v) is 9.93. The minimum absolute atomic E-state index is 0.250. The smallest absolute Gasteiger partial charge is 0.240 e. The summed E-state index contributed by atoms with van der Waals surface area (Å²) in [5, 5.41) is 3.35. The van der Waals surface area contributed by atoms with Gasteiger partial charge in [-0.1, -0.05) is 19.1 Å². The van der Waals surface area contributed by atoms with Crippen LogP contribution in [0.3, 0.4) is 0 Å². The van der Waals surface area contributed by atoms with Crippen LogP contribution in [0.15, 0.2) is 46.8 Å². The first-order chi connectivity index (χ1) is 14.8. The SMILES string of the molecule is CCNC(=NCCNS(=O)(=O)c1cc(C)ccc1C)N1CCC(C)C(n2ccnc2)C1. The summed E-state index contributed by atoms with van der Waals surface area (Å²) in [6.07, 6.45) is 6.76. The Morgan fingerprint density at radius 2 is 2.13 bits per heavy atom. The minimum Gasteiger partial charge on any atom is -0.357 e. The lowest BCUT2D eigenvalue weighted by atomic mass is 9.93. The number of guanidine groups is 1. The van der Waals surface area contributed by atoms with Gasteiger partial charge < -0.3 is 14.8 Å². The van der Waals surface area contributed by atoms with Crippen molar-refractivity contribution in [3.63, 3.8) is 0 Å². The van der Waals surface area contributed by atoms with Crippen LogP contribution in [0.1, 0.15) is 37.4 Å². The van der Waals surface area contributed by atoms with E-state index in [1.165, 1.54) is 0 Å². The van der Waals surface area contributed by atoms with Crippen molar-refractivity contribution in [2.45, 2.75) is 45.1 Å². The molecule has 1 fully saturated rings. The molecule has 2 atom stereocenters. The largest absolute Gasteiger partial charge is 0.357 e. The van der Waals surface area contributed by atoms with Gasteiger partial charge in [0.05, 0.1) is 23.8 Å². The van der Waals surface area contributed by atoms with Gasteiger partial charge in [0, 0.05) is 38.6 Å². The topological polar surface area (TPSA) is 91.6 Å². The number of benzene rings is 1. The Bertz CT molecular complexity index is 987. The molecule has 1 aliphatic rings. The predicted molar refractivity (Wildman–Crippen MR) is 124 cm³/mol. The monoisotopic (exact) mass is 446 g/mol. The highest BCUT2D eigenvalue weighted by Gasteiger charge is 2.28. The fourth-order valence-electron chi connectivity index (χ4n) is 3.94. The Kier molecular flexibility index (Phi) is 7.72. The third kappa shape index (κ3) is 5.86. The van der Waals surface area contributed by atoms with Gasteiger partial charge in [0.1, 0.15) is 0 Å². The Morgan fingerprint density at radius 1 is 1.32 bits per heavy atom. The summed E-state index contributed by atoms with van der Waals surface area (Å²) in [4.78, 5) is 11.5. The molecule has 1 aromatic carbocycles. The molecule has 0 aliphatic carbocycles. The number of sulfonamides is 1. The molecule has 170 valence electrons.